The number of alkyl halides is 1. The van der Waals surface area contributed by atoms with Crippen LogP contribution in [0.5, 0.6) is 0 Å². The molecule has 1 rings (SSSR count). The molecule has 1 aromatic rings. The highest BCUT2D eigenvalue weighted by atomic mass is 35.5. The van der Waals surface area contributed by atoms with E-state index in [1.165, 1.54) is 31.3 Å². The molecule has 1 amide bonds. The summed E-state index contributed by atoms with van der Waals surface area (Å²) in [6.45, 7) is 0. The Labute approximate surface area is 91.4 Å². The van der Waals surface area contributed by atoms with Crippen LogP contribution in [0.15, 0.2) is 24.3 Å². The van der Waals surface area contributed by atoms with E-state index in [0.29, 0.717) is 5.69 Å². The maximum atomic E-state index is 12.8. The van der Waals surface area contributed by atoms with E-state index in [0.717, 1.165) is 4.90 Å². The van der Waals surface area contributed by atoms with Crippen molar-refractivity contribution in [1.29, 1.82) is 0 Å². The molecule has 0 atom stereocenters. The highest BCUT2D eigenvalue weighted by molar-refractivity contribution is 6.49. The highest BCUT2D eigenvalue weighted by Crippen LogP contribution is 2.14. The molecule has 0 saturated heterocycles. The number of amides is 1. The maximum absolute atomic E-state index is 12.8. The van der Waals surface area contributed by atoms with Gasteiger partial charge in [0.25, 0.3) is 5.91 Å². The first-order chi connectivity index (χ1) is 7.06. The van der Waals surface area contributed by atoms with Crippen LogP contribution in [0.1, 0.15) is 0 Å². The molecular formula is C10H9ClFNO2. The number of hydrogen-bond acceptors (Lipinski definition) is 2. The van der Waals surface area contributed by atoms with Crippen molar-refractivity contribution >= 4 is 29.0 Å². The Bertz CT molecular complexity index is 395. The number of nitrogens with zero attached hydrogens (tertiary/aromatic N) is 1. The number of ketones is 1. The number of halogens is 2. The topological polar surface area (TPSA) is 37.4 Å². The van der Waals surface area contributed by atoms with E-state index in [9.17, 15) is 14.0 Å². The van der Waals surface area contributed by atoms with E-state index in [4.69, 9.17) is 11.6 Å². The standard InChI is InChI=1S/C10H9ClFNO2/c1-13(10(15)9(14)6-11)8-4-2-3-7(12)5-8/h2-5H,6H2,1H3. The van der Waals surface area contributed by atoms with Crippen LogP contribution in [0.2, 0.25) is 0 Å². The van der Waals surface area contributed by atoms with Gasteiger partial charge in [-0.25, -0.2) is 4.39 Å². The Hall–Kier alpha value is -1.42. The lowest BCUT2D eigenvalue weighted by Gasteiger charge is -2.15. The molecule has 1 aromatic carbocycles. The van der Waals surface area contributed by atoms with Gasteiger partial charge in [-0.1, -0.05) is 6.07 Å². The molecular weight excluding hydrogens is 221 g/mol. The summed E-state index contributed by atoms with van der Waals surface area (Å²) >= 11 is 5.24. The van der Waals surface area contributed by atoms with Crippen LogP contribution in [0.3, 0.4) is 0 Å². The van der Waals surface area contributed by atoms with Gasteiger partial charge in [0.15, 0.2) is 0 Å². The summed E-state index contributed by atoms with van der Waals surface area (Å²) in [4.78, 5) is 23.4. The lowest BCUT2D eigenvalue weighted by atomic mass is 10.2. The summed E-state index contributed by atoms with van der Waals surface area (Å²) in [6.07, 6.45) is 0. The Balaban J connectivity index is 2.89. The molecule has 0 radical (unpaired) electrons. The minimum Gasteiger partial charge on any atom is -0.309 e. The van der Waals surface area contributed by atoms with E-state index in [1.807, 2.05) is 0 Å². The second-order valence-electron chi connectivity index (χ2n) is 2.90. The molecule has 0 N–H and O–H groups in total. The number of hydrogen-bond donors (Lipinski definition) is 0. The Kier molecular flexibility index (Phi) is 3.80. The van der Waals surface area contributed by atoms with Crippen LogP contribution < -0.4 is 4.90 Å². The van der Waals surface area contributed by atoms with Crippen molar-refractivity contribution in [3.05, 3.63) is 30.1 Å². The molecule has 3 nitrogen and oxygen atoms in total. The van der Waals surface area contributed by atoms with Crippen molar-refractivity contribution in [1.82, 2.24) is 0 Å². The lowest BCUT2D eigenvalue weighted by molar-refractivity contribution is -0.134. The average Bonchev–Trinajstić information content (AvgIpc) is 2.26. The Morgan fingerprint density at radius 3 is 2.67 bits per heavy atom. The number of anilines is 1. The third-order valence-electron chi connectivity index (χ3n) is 1.86. The van der Waals surface area contributed by atoms with Crippen LogP contribution in [-0.4, -0.2) is 24.6 Å². The SMILES string of the molecule is CN(C(=O)C(=O)CCl)c1cccc(F)c1. The predicted octanol–water partition coefficient (Wildman–Crippen LogP) is 1.60. The predicted molar refractivity (Wildman–Crippen MR) is 55.5 cm³/mol. The Morgan fingerprint density at radius 2 is 2.13 bits per heavy atom. The molecule has 0 spiro atoms. The van der Waals surface area contributed by atoms with Gasteiger partial charge in [0.1, 0.15) is 5.82 Å². The molecule has 5 heteroatoms. The van der Waals surface area contributed by atoms with Crippen molar-refractivity contribution in [2.24, 2.45) is 0 Å². The minimum absolute atomic E-state index is 0.318. The third kappa shape index (κ3) is 2.76. The lowest BCUT2D eigenvalue weighted by Crippen LogP contribution is -2.33. The van der Waals surface area contributed by atoms with Crippen LogP contribution in [0.25, 0.3) is 0 Å². The first-order valence-corrected chi connectivity index (χ1v) is 4.72. The molecule has 0 saturated carbocycles. The smallest absolute Gasteiger partial charge is 0.295 e. The molecule has 0 bridgehead atoms. The van der Waals surface area contributed by atoms with Crippen LogP contribution in [-0.2, 0) is 9.59 Å². The molecule has 0 aromatic heterocycles. The first kappa shape index (κ1) is 11.7. The number of Topliss-reactive ketones (excluding diaryl/α,β-unsaturated/α-hetero) is 1. The number of carbonyl (C=O) groups is 2. The molecule has 0 aliphatic rings. The van der Waals surface area contributed by atoms with E-state index >= 15 is 0 Å². The van der Waals surface area contributed by atoms with Crippen molar-refractivity contribution < 1.29 is 14.0 Å². The highest BCUT2D eigenvalue weighted by Gasteiger charge is 2.18. The van der Waals surface area contributed by atoms with Gasteiger partial charge in [-0.05, 0) is 18.2 Å². The minimum atomic E-state index is -0.754. The number of benzene rings is 1. The second kappa shape index (κ2) is 4.89. The largest absolute Gasteiger partial charge is 0.309 e. The summed E-state index contributed by atoms with van der Waals surface area (Å²) in [6, 6.07) is 5.41. The van der Waals surface area contributed by atoms with Crippen molar-refractivity contribution in [2.45, 2.75) is 0 Å². The van der Waals surface area contributed by atoms with E-state index in [-0.39, 0.29) is 5.88 Å². The fraction of sp³-hybridized carbons (Fsp3) is 0.200. The van der Waals surface area contributed by atoms with Gasteiger partial charge >= 0.3 is 0 Å². The van der Waals surface area contributed by atoms with Crippen LogP contribution >= 0.6 is 11.6 Å². The van der Waals surface area contributed by atoms with Crippen LogP contribution in [0.4, 0.5) is 10.1 Å². The molecule has 0 aliphatic carbocycles. The summed E-state index contributed by atoms with van der Waals surface area (Å²) < 4.78 is 12.8. The fourth-order valence-electron chi connectivity index (χ4n) is 1.05. The second-order valence-corrected chi connectivity index (χ2v) is 3.17. The van der Waals surface area contributed by atoms with E-state index < -0.39 is 17.5 Å². The zero-order valence-electron chi connectivity index (χ0n) is 8.04. The molecule has 0 unspecified atom stereocenters. The van der Waals surface area contributed by atoms with Crippen molar-refractivity contribution in [3.8, 4) is 0 Å². The van der Waals surface area contributed by atoms with Gasteiger partial charge in [0.2, 0.25) is 5.78 Å². The summed E-state index contributed by atoms with van der Waals surface area (Å²) in [5, 5.41) is 0. The van der Waals surface area contributed by atoms with E-state index in [2.05, 4.69) is 0 Å². The van der Waals surface area contributed by atoms with Crippen molar-refractivity contribution in [2.75, 3.05) is 17.8 Å². The molecule has 0 fully saturated rings. The molecule has 0 heterocycles. The van der Waals surface area contributed by atoms with Gasteiger partial charge in [-0.15, -0.1) is 11.6 Å². The summed E-state index contributed by atoms with van der Waals surface area (Å²) in [5.74, 6) is -2.32. The monoisotopic (exact) mass is 229 g/mol. The van der Waals surface area contributed by atoms with Gasteiger partial charge in [-0.3, -0.25) is 9.59 Å². The summed E-state index contributed by atoms with van der Waals surface area (Å²) in [7, 11) is 1.39. The fourth-order valence-corrected chi connectivity index (χ4v) is 1.16. The van der Waals surface area contributed by atoms with Crippen molar-refractivity contribution in [3.63, 3.8) is 0 Å². The Morgan fingerprint density at radius 1 is 1.47 bits per heavy atom. The van der Waals surface area contributed by atoms with Gasteiger partial charge in [0, 0.05) is 12.7 Å². The molecule has 80 valence electrons. The normalized spacial score (nSPS) is 9.80. The third-order valence-corrected chi connectivity index (χ3v) is 2.10. The zero-order valence-corrected chi connectivity index (χ0v) is 8.79. The molecule has 0 aliphatic heterocycles. The molecule has 15 heavy (non-hydrogen) atoms. The number of carbonyl (C=O) groups excluding carboxylic acids is 2. The summed E-state index contributed by atoms with van der Waals surface area (Å²) in [5.41, 5.74) is 0.318. The average molecular weight is 230 g/mol. The zero-order chi connectivity index (χ0) is 11.4. The quantitative estimate of drug-likeness (QED) is 0.583. The van der Waals surface area contributed by atoms with Gasteiger partial charge in [-0.2, -0.15) is 0 Å². The van der Waals surface area contributed by atoms with Gasteiger partial charge in [0.05, 0.1) is 5.88 Å². The van der Waals surface area contributed by atoms with Gasteiger partial charge < -0.3 is 4.90 Å². The maximum Gasteiger partial charge on any atom is 0.295 e. The first-order valence-electron chi connectivity index (χ1n) is 4.18. The number of rotatable bonds is 3. The van der Waals surface area contributed by atoms with Crippen LogP contribution in [0, 0.1) is 5.82 Å². The van der Waals surface area contributed by atoms with E-state index in [1.54, 1.807) is 0 Å². The number of likely N-dealkylation sites (N-methyl/N-ethyl adjacent to an activating group) is 1.